The Hall–Kier alpha value is -1.32. The largest absolute Gasteiger partial charge is 0.373 e. The number of aromatic nitrogens is 2. The third kappa shape index (κ3) is 2.57. The van der Waals surface area contributed by atoms with Crippen LogP contribution in [0.3, 0.4) is 0 Å². The van der Waals surface area contributed by atoms with Crippen molar-refractivity contribution in [2.75, 3.05) is 23.8 Å². The first-order chi connectivity index (χ1) is 8.69. The lowest BCUT2D eigenvalue weighted by atomic mass is 10.0. The molecule has 18 heavy (non-hydrogen) atoms. The minimum Gasteiger partial charge on any atom is -0.373 e. The summed E-state index contributed by atoms with van der Waals surface area (Å²) in [6.07, 6.45) is 5.44. The Labute approximate surface area is 110 Å². The van der Waals surface area contributed by atoms with Crippen LogP contribution in [0.1, 0.15) is 51.5 Å². The second kappa shape index (κ2) is 5.55. The number of anilines is 2. The minimum atomic E-state index is 0.432. The molecule has 0 unspecified atom stereocenters. The van der Waals surface area contributed by atoms with Gasteiger partial charge in [-0.05, 0) is 25.2 Å². The van der Waals surface area contributed by atoms with Gasteiger partial charge in [-0.3, -0.25) is 0 Å². The Balaban J connectivity index is 2.40. The van der Waals surface area contributed by atoms with E-state index in [0.717, 1.165) is 24.6 Å². The lowest BCUT2D eigenvalue weighted by Gasteiger charge is -2.27. The molecule has 0 bridgehead atoms. The van der Waals surface area contributed by atoms with Crippen LogP contribution in [0.4, 0.5) is 11.6 Å². The molecule has 0 aromatic carbocycles. The van der Waals surface area contributed by atoms with E-state index in [2.05, 4.69) is 41.0 Å². The van der Waals surface area contributed by atoms with Crippen molar-refractivity contribution in [2.24, 2.45) is 0 Å². The summed E-state index contributed by atoms with van der Waals surface area (Å²) in [6.45, 7) is 7.73. The van der Waals surface area contributed by atoms with Gasteiger partial charge in [0, 0.05) is 25.2 Å². The lowest BCUT2D eigenvalue weighted by molar-refractivity contribution is 0.729. The van der Waals surface area contributed by atoms with Gasteiger partial charge in [-0.2, -0.15) is 0 Å². The van der Waals surface area contributed by atoms with E-state index < -0.39 is 0 Å². The fourth-order valence-corrected chi connectivity index (χ4v) is 2.43. The molecule has 1 fully saturated rings. The summed E-state index contributed by atoms with van der Waals surface area (Å²) in [5.41, 5.74) is 1.25. The molecule has 100 valence electrons. The van der Waals surface area contributed by atoms with Crippen LogP contribution < -0.4 is 10.2 Å². The average molecular weight is 248 g/mol. The summed E-state index contributed by atoms with van der Waals surface area (Å²) in [6, 6.07) is 0.696. The number of rotatable bonds is 6. The van der Waals surface area contributed by atoms with Crippen LogP contribution in [0, 0.1) is 0 Å². The first-order valence-electron chi connectivity index (χ1n) is 6.98. The highest BCUT2D eigenvalue weighted by atomic mass is 15.2. The van der Waals surface area contributed by atoms with Crippen molar-refractivity contribution in [2.45, 2.75) is 52.0 Å². The van der Waals surface area contributed by atoms with Crippen molar-refractivity contribution in [3.8, 4) is 0 Å². The third-order valence-electron chi connectivity index (χ3n) is 3.40. The van der Waals surface area contributed by atoms with Gasteiger partial charge in [-0.15, -0.1) is 0 Å². The van der Waals surface area contributed by atoms with Crippen LogP contribution in [0.2, 0.25) is 0 Å². The van der Waals surface area contributed by atoms with Gasteiger partial charge < -0.3 is 10.2 Å². The summed E-state index contributed by atoms with van der Waals surface area (Å²) in [7, 11) is 1.93. The molecule has 4 heteroatoms. The Morgan fingerprint density at radius 1 is 1.39 bits per heavy atom. The molecule has 1 aromatic heterocycles. The van der Waals surface area contributed by atoms with Gasteiger partial charge in [0.25, 0.3) is 0 Å². The van der Waals surface area contributed by atoms with E-state index >= 15 is 0 Å². The van der Waals surface area contributed by atoms with Gasteiger partial charge in [0.05, 0.1) is 0 Å². The molecular formula is C14H24N4. The molecular weight excluding hydrogens is 224 g/mol. The van der Waals surface area contributed by atoms with E-state index in [1.165, 1.54) is 18.4 Å². The number of hydrogen-bond acceptors (Lipinski definition) is 4. The molecule has 2 rings (SSSR count). The predicted octanol–water partition coefficient (Wildman–Crippen LogP) is 3.02. The maximum atomic E-state index is 4.56. The minimum absolute atomic E-state index is 0.432. The Morgan fingerprint density at radius 3 is 2.61 bits per heavy atom. The first kappa shape index (κ1) is 13.1. The molecule has 0 amide bonds. The summed E-state index contributed by atoms with van der Waals surface area (Å²) in [4.78, 5) is 11.4. The highest BCUT2D eigenvalue weighted by Gasteiger charge is 2.31. The molecule has 1 aliphatic carbocycles. The normalized spacial score (nSPS) is 14.9. The van der Waals surface area contributed by atoms with E-state index in [4.69, 9.17) is 0 Å². The number of hydrogen-bond donors (Lipinski definition) is 1. The van der Waals surface area contributed by atoms with Crippen molar-refractivity contribution in [1.82, 2.24) is 9.97 Å². The van der Waals surface area contributed by atoms with E-state index in [1.807, 2.05) is 7.05 Å². The molecule has 0 radical (unpaired) electrons. The average Bonchev–Trinajstić information content (AvgIpc) is 3.19. The molecule has 1 aliphatic rings. The van der Waals surface area contributed by atoms with Crippen molar-refractivity contribution >= 4 is 11.6 Å². The van der Waals surface area contributed by atoms with Crippen molar-refractivity contribution in [3.05, 3.63) is 11.9 Å². The number of nitrogens with one attached hydrogen (secondary N) is 1. The predicted molar refractivity (Wildman–Crippen MR) is 76.3 cm³/mol. The van der Waals surface area contributed by atoms with Gasteiger partial charge in [0.15, 0.2) is 0 Å². The van der Waals surface area contributed by atoms with Crippen molar-refractivity contribution in [3.63, 3.8) is 0 Å². The molecule has 4 nitrogen and oxygen atoms in total. The molecule has 1 N–H and O–H groups in total. The zero-order valence-electron chi connectivity index (χ0n) is 11.9. The third-order valence-corrected chi connectivity index (χ3v) is 3.40. The van der Waals surface area contributed by atoms with Crippen LogP contribution in [-0.2, 0) is 0 Å². The quantitative estimate of drug-likeness (QED) is 0.840. The lowest BCUT2D eigenvalue weighted by Crippen LogP contribution is -2.29. The van der Waals surface area contributed by atoms with Gasteiger partial charge in [0.1, 0.15) is 18.0 Å². The van der Waals surface area contributed by atoms with Crippen LogP contribution >= 0.6 is 0 Å². The SMILES string of the molecule is CCCN(c1ncnc(NC)c1C(C)C)C1CC1. The van der Waals surface area contributed by atoms with E-state index in [0.29, 0.717) is 12.0 Å². The molecule has 0 saturated heterocycles. The van der Waals surface area contributed by atoms with Gasteiger partial charge in [0.2, 0.25) is 0 Å². The second-order valence-corrected chi connectivity index (χ2v) is 5.29. The van der Waals surface area contributed by atoms with Crippen LogP contribution in [0.25, 0.3) is 0 Å². The first-order valence-corrected chi connectivity index (χ1v) is 6.98. The Bertz CT molecular complexity index is 399. The van der Waals surface area contributed by atoms with Crippen LogP contribution in [0.5, 0.6) is 0 Å². The van der Waals surface area contributed by atoms with Gasteiger partial charge in [-0.25, -0.2) is 9.97 Å². The van der Waals surface area contributed by atoms with Gasteiger partial charge >= 0.3 is 0 Å². The van der Waals surface area contributed by atoms with Crippen molar-refractivity contribution in [1.29, 1.82) is 0 Å². The van der Waals surface area contributed by atoms with E-state index in [1.54, 1.807) is 6.33 Å². The fraction of sp³-hybridized carbons (Fsp3) is 0.714. The highest BCUT2D eigenvalue weighted by Crippen LogP contribution is 2.37. The molecule has 0 aliphatic heterocycles. The second-order valence-electron chi connectivity index (χ2n) is 5.29. The summed E-state index contributed by atoms with van der Waals surface area (Å²) < 4.78 is 0. The molecule has 0 atom stereocenters. The molecule has 1 heterocycles. The van der Waals surface area contributed by atoms with Crippen LogP contribution in [-0.4, -0.2) is 29.6 Å². The zero-order valence-corrected chi connectivity index (χ0v) is 11.9. The Morgan fingerprint density at radius 2 is 2.11 bits per heavy atom. The zero-order chi connectivity index (χ0) is 13.1. The number of nitrogens with zero attached hydrogens (tertiary/aromatic N) is 3. The smallest absolute Gasteiger partial charge is 0.137 e. The Kier molecular flexibility index (Phi) is 4.04. The maximum Gasteiger partial charge on any atom is 0.137 e. The van der Waals surface area contributed by atoms with Crippen molar-refractivity contribution < 1.29 is 0 Å². The molecule has 0 spiro atoms. The summed E-state index contributed by atoms with van der Waals surface area (Å²) >= 11 is 0. The standard InChI is InChI=1S/C14H24N4/c1-5-8-18(11-6-7-11)14-12(10(2)3)13(15-4)16-9-17-14/h9-11H,5-8H2,1-4H3,(H,15,16,17). The topological polar surface area (TPSA) is 41.1 Å². The fourth-order valence-electron chi connectivity index (χ4n) is 2.43. The monoisotopic (exact) mass is 248 g/mol. The van der Waals surface area contributed by atoms with E-state index in [9.17, 15) is 0 Å². The highest BCUT2D eigenvalue weighted by molar-refractivity contribution is 5.61. The van der Waals surface area contributed by atoms with Crippen LogP contribution in [0.15, 0.2) is 6.33 Å². The summed E-state index contributed by atoms with van der Waals surface area (Å²) in [5.74, 6) is 2.53. The van der Waals surface area contributed by atoms with E-state index in [-0.39, 0.29) is 0 Å². The molecule has 1 aromatic rings. The maximum absolute atomic E-state index is 4.56. The molecule has 1 saturated carbocycles. The van der Waals surface area contributed by atoms with Gasteiger partial charge in [-0.1, -0.05) is 20.8 Å². The summed E-state index contributed by atoms with van der Waals surface area (Å²) in [5, 5.41) is 3.20.